The number of benzene rings is 1. The van der Waals surface area contributed by atoms with Crippen LogP contribution in [0.5, 0.6) is 0 Å². The minimum Gasteiger partial charge on any atom is -0.342 e. The maximum Gasteiger partial charge on any atom is 0.233 e. The van der Waals surface area contributed by atoms with Crippen LogP contribution in [0.2, 0.25) is 0 Å². The molecular formula is C21H28N2O2. The maximum atomic E-state index is 13.4. The summed E-state index contributed by atoms with van der Waals surface area (Å²) < 4.78 is 0. The first-order valence-corrected chi connectivity index (χ1v) is 9.84. The molecule has 1 saturated carbocycles. The van der Waals surface area contributed by atoms with Gasteiger partial charge in [-0.15, -0.1) is 0 Å². The number of amides is 2. The van der Waals surface area contributed by atoms with Gasteiger partial charge in [-0.05, 0) is 44.1 Å². The molecule has 4 nitrogen and oxygen atoms in total. The van der Waals surface area contributed by atoms with Crippen LogP contribution in [0.1, 0.15) is 50.5 Å². The maximum absolute atomic E-state index is 13.4. The van der Waals surface area contributed by atoms with Crippen molar-refractivity contribution < 1.29 is 9.59 Å². The molecule has 4 heteroatoms. The summed E-state index contributed by atoms with van der Waals surface area (Å²) in [6.07, 6.45) is 7.12. The van der Waals surface area contributed by atoms with Gasteiger partial charge in [0, 0.05) is 26.2 Å². The molecule has 2 aliphatic heterocycles. The standard InChI is InChI=1S/C21H28N2O2/c24-19(22-13-4-5-14-22)17-8-6-15-23(16-17)20(25)21(11-7-12-21)18-9-2-1-3-10-18/h1-3,9-10,17H,4-8,11-16H2/t17-/m0/s1. The summed E-state index contributed by atoms with van der Waals surface area (Å²) in [5.41, 5.74) is 0.819. The molecule has 2 saturated heterocycles. The van der Waals surface area contributed by atoms with Crippen LogP contribution in [0.3, 0.4) is 0 Å². The molecule has 1 aromatic carbocycles. The first-order valence-electron chi connectivity index (χ1n) is 9.84. The lowest BCUT2D eigenvalue weighted by atomic mass is 9.63. The quantitative estimate of drug-likeness (QED) is 0.849. The minimum atomic E-state index is -0.333. The van der Waals surface area contributed by atoms with Gasteiger partial charge in [0.05, 0.1) is 11.3 Å². The third-order valence-electron chi connectivity index (χ3n) is 6.42. The van der Waals surface area contributed by atoms with Crippen molar-refractivity contribution in [3.63, 3.8) is 0 Å². The molecule has 3 fully saturated rings. The molecule has 25 heavy (non-hydrogen) atoms. The Morgan fingerprint density at radius 3 is 2.20 bits per heavy atom. The lowest BCUT2D eigenvalue weighted by molar-refractivity contribution is -0.146. The van der Waals surface area contributed by atoms with Crippen LogP contribution in [0, 0.1) is 5.92 Å². The topological polar surface area (TPSA) is 40.6 Å². The molecule has 2 heterocycles. The Morgan fingerprint density at radius 1 is 0.880 bits per heavy atom. The van der Waals surface area contributed by atoms with Crippen LogP contribution in [0.25, 0.3) is 0 Å². The molecule has 4 rings (SSSR count). The van der Waals surface area contributed by atoms with Crippen LogP contribution < -0.4 is 0 Å². The summed E-state index contributed by atoms with van der Waals surface area (Å²) in [5, 5.41) is 0. The normalized spacial score (nSPS) is 25.5. The highest BCUT2D eigenvalue weighted by Crippen LogP contribution is 2.45. The van der Waals surface area contributed by atoms with Crippen LogP contribution in [-0.2, 0) is 15.0 Å². The largest absolute Gasteiger partial charge is 0.342 e. The molecular weight excluding hydrogens is 312 g/mol. The van der Waals surface area contributed by atoms with E-state index in [0.717, 1.165) is 70.1 Å². The van der Waals surface area contributed by atoms with Crippen molar-refractivity contribution in [2.75, 3.05) is 26.2 Å². The van der Waals surface area contributed by atoms with Gasteiger partial charge < -0.3 is 9.80 Å². The summed E-state index contributed by atoms with van der Waals surface area (Å²) in [5.74, 6) is 0.532. The number of rotatable bonds is 3. The fourth-order valence-corrected chi connectivity index (χ4v) is 4.78. The van der Waals surface area contributed by atoms with Gasteiger partial charge >= 0.3 is 0 Å². The Hall–Kier alpha value is -1.84. The third-order valence-corrected chi connectivity index (χ3v) is 6.42. The van der Waals surface area contributed by atoms with Gasteiger partial charge in [0.2, 0.25) is 11.8 Å². The van der Waals surface area contributed by atoms with Crippen molar-refractivity contribution in [3.8, 4) is 0 Å². The van der Waals surface area contributed by atoms with Gasteiger partial charge in [-0.1, -0.05) is 36.8 Å². The molecule has 1 aliphatic carbocycles. The van der Waals surface area contributed by atoms with Crippen molar-refractivity contribution in [2.24, 2.45) is 5.92 Å². The zero-order valence-electron chi connectivity index (χ0n) is 15.0. The van der Waals surface area contributed by atoms with E-state index >= 15 is 0 Å². The fraction of sp³-hybridized carbons (Fsp3) is 0.619. The zero-order valence-corrected chi connectivity index (χ0v) is 15.0. The number of likely N-dealkylation sites (tertiary alicyclic amines) is 2. The van der Waals surface area contributed by atoms with E-state index in [0.29, 0.717) is 6.54 Å². The predicted molar refractivity (Wildman–Crippen MR) is 97.1 cm³/mol. The van der Waals surface area contributed by atoms with Crippen molar-refractivity contribution in [1.29, 1.82) is 0 Å². The van der Waals surface area contributed by atoms with Crippen molar-refractivity contribution in [1.82, 2.24) is 9.80 Å². The molecule has 0 aromatic heterocycles. The smallest absolute Gasteiger partial charge is 0.233 e. The second-order valence-electron chi connectivity index (χ2n) is 7.92. The van der Waals surface area contributed by atoms with Gasteiger partial charge in [0.1, 0.15) is 0 Å². The highest BCUT2D eigenvalue weighted by molar-refractivity contribution is 5.90. The second-order valence-corrected chi connectivity index (χ2v) is 7.92. The Labute approximate surface area is 150 Å². The summed E-state index contributed by atoms with van der Waals surface area (Å²) in [6.45, 7) is 3.22. The van der Waals surface area contributed by atoms with Gasteiger partial charge in [-0.3, -0.25) is 9.59 Å². The highest BCUT2D eigenvalue weighted by Gasteiger charge is 2.48. The molecule has 0 spiro atoms. The lowest BCUT2D eigenvalue weighted by Gasteiger charge is -2.46. The zero-order chi connectivity index (χ0) is 17.3. The van der Waals surface area contributed by atoms with E-state index < -0.39 is 0 Å². The van der Waals surface area contributed by atoms with Crippen LogP contribution in [0.4, 0.5) is 0 Å². The van der Waals surface area contributed by atoms with Gasteiger partial charge in [0.25, 0.3) is 0 Å². The van der Waals surface area contributed by atoms with Crippen molar-refractivity contribution in [3.05, 3.63) is 35.9 Å². The van der Waals surface area contributed by atoms with Crippen LogP contribution >= 0.6 is 0 Å². The van der Waals surface area contributed by atoms with Crippen LogP contribution in [0.15, 0.2) is 30.3 Å². The number of carbonyl (C=O) groups excluding carboxylic acids is 2. The van der Waals surface area contributed by atoms with E-state index in [1.807, 2.05) is 28.0 Å². The number of hydrogen-bond acceptors (Lipinski definition) is 2. The monoisotopic (exact) mass is 340 g/mol. The molecule has 0 N–H and O–H groups in total. The average Bonchev–Trinajstić information content (AvgIpc) is 3.16. The molecule has 1 aromatic rings. The second kappa shape index (κ2) is 6.81. The summed E-state index contributed by atoms with van der Waals surface area (Å²) in [6, 6.07) is 10.2. The lowest BCUT2D eigenvalue weighted by Crippen LogP contribution is -2.55. The van der Waals surface area contributed by atoms with Gasteiger partial charge in [0.15, 0.2) is 0 Å². The number of carbonyl (C=O) groups is 2. The minimum absolute atomic E-state index is 0.00343. The first kappa shape index (κ1) is 16.6. The highest BCUT2D eigenvalue weighted by atomic mass is 16.2. The summed E-state index contributed by atoms with van der Waals surface area (Å²) in [4.78, 5) is 30.2. The summed E-state index contributed by atoms with van der Waals surface area (Å²) >= 11 is 0. The van der Waals surface area contributed by atoms with E-state index in [-0.39, 0.29) is 23.1 Å². The average molecular weight is 340 g/mol. The summed E-state index contributed by atoms with van der Waals surface area (Å²) in [7, 11) is 0. The number of hydrogen-bond donors (Lipinski definition) is 0. The van der Waals surface area contributed by atoms with E-state index in [2.05, 4.69) is 12.1 Å². The molecule has 3 aliphatic rings. The molecule has 0 bridgehead atoms. The Bertz CT molecular complexity index is 633. The third kappa shape index (κ3) is 2.96. The molecule has 2 amide bonds. The predicted octanol–water partition coefficient (Wildman–Crippen LogP) is 2.97. The van der Waals surface area contributed by atoms with Crippen molar-refractivity contribution in [2.45, 2.75) is 50.4 Å². The molecule has 0 radical (unpaired) electrons. The molecule has 134 valence electrons. The Balaban J connectivity index is 1.49. The number of nitrogens with zero attached hydrogens (tertiary/aromatic N) is 2. The van der Waals surface area contributed by atoms with E-state index in [1.165, 1.54) is 0 Å². The van der Waals surface area contributed by atoms with E-state index in [1.54, 1.807) is 0 Å². The Kier molecular flexibility index (Phi) is 4.53. The first-order chi connectivity index (χ1) is 12.2. The van der Waals surface area contributed by atoms with E-state index in [4.69, 9.17) is 0 Å². The van der Waals surface area contributed by atoms with Gasteiger partial charge in [-0.2, -0.15) is 0 Å². The van der Waals surface area contributed by atoms with Crippen molar-refractivity contribution >= 4 is 11.8 Å². The van der Waals surface area contributed by atoms with E-state index in [9.17, 15) is 9.59 Å². The Morgan fingerprint density at radius 2 is 1.56 bits per heavy atom. The molecule has 0 unspecified atom stereocenters. The number of piperidine rings is 1. The van der Waals surface area contributed by atoms with Gasteiger partial charge in [-0.25, -0.2) is 0 Å². The fourth-order valence-electron chi connectivity index (χ4n) is 4.78. The van der Waals surface area contributed by atoms with Crippen LogP contribution in [-0.4, -0.2) is 47.8 Å². The SMILES string of the molecule is O=C([C@H]1CCCN(C(=O)C2(c3ccccc3)CCC2)C1)N1CCCC1. The molecule has 1 atom stereocenters.